The fourth-order valence-electron chi connectivity index (χ4n) is 1.50. The summed E-state index contributed by atoms with van der Waals surface area (Å²) in [4.78, 5) is 0. The van der Waals surface area contributed by atoms with Crippen LogP contribution < -0.4 is 0 Å². The molecule has 9 heavy (non-hydrogen) atoms. The molecule has 0 spiro atoms. The minimum absolute atomic E-state index is 0.851. The third-order valence-electron chi connectivity index (χ3n) is 2.06. The van der Waals surface area contributed by atoms with Gasteiger partial charge in [-0.15, -0.1) is 0 Å². The zero-order chi connectivity index (χ0) is 6.69. The first-order chi connectivity index (χ1) is 4.33. The van der Waals surface area contributed by atoms with Crippen LogP contribution in [-0.2, 0) is 11.8 Å². The lowest BCUT2D eigenvalue weighted by Gasteiger charge is -2.22. The number of hydrogen-bond donors (Lipinski definition) is 0. The molecular formula is C7H13PS. The van der Waals surface area contributed by atoms with Crippen molar-refractivity contribution in [3.8, 4) is 0 Å². The highest BCUT2D eigenvalue weighted by Crippen LogP contribution is 2.30. The molecule has 0 bridgehead atoms. The largest absolute Gasteiger partial charge is 0.0625 e. The Hall–Kier alpha value is 0.520. The van der Waals surface area contributed by atoms with E-state index >= 15 is 0 Å². The highest BCUT2D eigenvalue weighted by Gasteiger charge is 2.16. The topological polar surface area (TPSA) is 0 Å². The van der Waals surface area contributed by atoms with Crippen LogP contribution in [0.1, 0.15) is 32.6 Å². The van der Waals surface area contributed by atoms with E-state index in [0.29, 0.717) is 0 Å². The van der Waals surface area contributed by atoms with Gasteiger partial charge < -0.3 is 0 Å². The maximum absolute atomic E-state index is 5.00. The first-order valence-corrected chi connectivity index (χ1v) is 5.63. The molecule has 0 heterocycles. The van der Waals surface area contributed by atoms with Gasteiger partial charge in [-0.25, -0.2) is 0 Å². The van der Waals surface area contributed by atoms with Crippen molar-refractivity contribution in [2.75, 3.05) is 0 Å². The molecule has 2 unspecified atom stereocenters. The van der Waals surface area contributed by atoms with Gasteiger partial charge in [0.15, 0.2) is 0 Å². The minimum atomic E-state index is 0.851. The van der Waals surface area contributed by atoms with E-state index in [-0.39, 0.29) is 0 Å². The van der Waals surface area contributed by atoms with E-state index in [4.69, 9.17) is 11.8 Å². The molecule has 2 atom stereocenters. The molecule has 1 rings (SSSR count). The van der Waals surface area contributed by atoms with E-state index in [1.807, 2.05) is 0 Å². The zero-order valence-corrected chi connectivity index (χ0v) is 7.55. The van der Waals surface area contributed by atoms with E-state index in [1.165, 1.54) is 33.0 Å². The van der Waals surface area contributed by atoms with Gasteiger partial charge in [-0.3, -0.25) is 0 Å². The Kier molecular flexibility index (Phi) is 3.08. The Morgan fingerprint density at radius 3 is 2.67 bits per heavy atom. The molecule has 0 nitrogen and oxygen atoms in total. The SMILES string of the molecule is CC1CCCC(P=S)C1. The van der Waals surface area contributed by atoms with Gasteiger partial charge in [0.25, 0.3) is 0 Å². The predicted molar refractivity (Wildman–Crippen MR) is 45.7 cm³/mol. The van der Waals surface area contributed by atoms with E-state index in [2.05, 4.69) is 6.92 Å². The van der Waals surface area contributed by atoms with Gasteiger partial charge in [0, 0.05) is 5.66 Å². The second-order valence-electron chi connectivity index (χ2n) is 3.03. The molecular weight excluding hydrogens is 147 g/mol. The Morgan fingerprint density at radius 2 is 2.22 bits per heavy atom. The summed E-state index contributed by atoms with van der Waals surface area (Å²) >= 11 is 5.00. The first kappa shape index (κ1) is 7.63. The Labute approximate surface area is 63.9 Å². The van der Waals surface area contributed by atoms with E-state index in [1.54, 1.807) is 0 Å². The minimum Gasteiger partial charge on any atom is -0.0625 e. The van der Waals surface area contributed by atoms with Crippen molar-refractivity contribution in [2.45, 2.75) is 38.3 Å². The van der Waals surface area contributed by atoms with Gasteiger partial charge in [0.2, 0.25) is 0 Å². The van der Waals surface area contributed by atoms with Crippen molar-refractivity contribution in [3.05, 3.63) is 0 Å². The van der Waals surface area contributed by atoms with Crippen LogP contribution in [0.25, 0.3) is 0 Å². The highest BCUT2D eigenvalue weighted by atomic mass is 32.4. The van der Waals surface area contributed by atoms with Crippen LogP contribution in [0.5, 0.6) is 0 Å². The Balaban J connectivity index is 2.31. The standard InChI is InChI=1S/C7H13PS/c1-6-3-2-4-7(5-6)8-9/h6-7H,2-5H2,1H3. The highest BCUT2D eigenvalue weighted by molar-refractivity contribution is 7.96. The molecule has 0 saturated heterocycles. The maximum atomic E-state index is 5.00. The van der Waals surface area contributed by atoms with Crippen molar-refractivity contribution in [1.29, 1.82) is 0 Å². The molecule has 0 aromatic carbocycles. The summed E-state index contributed by atoms with van der Waals surface area (Å²) in [5, 5.41) is 0. The van der Waals surface area contributed by atoms with Crippen molar-refractivity contribution in [2.24, 2.45) is 5.92 Å². The quantitative estimate of drug-likeness (QED) is 0.531. The van der Waals surface area contributed by atoms with Gasteiger partial charge in [-0.05, 0) is 26.1 Å². The van der Waals surface area contributed by atoms with Crippen LogP contribution in [0, 0.1) is 5.92 Å². The lowest BCUT2D eigenvalue weighted by Crippen LogP contribution is -2.12. The molecule has 1 aliphatic rings. The maximum Gasteiger partial charge on any atom is 0.0116 e. The third kappa shape index (κ3) is 2.31. The fourth-order valence-corrected chi connectivity index (χ4v) is 2.81. The van der Waals surface area contributed by atoms with Crippen LogP contribution >= 0.6 is 7.36 Å². The molecule has 1 fully saturated rings. The summed E-state index contributed by atoms with van der Waals surface area (Å²) in [7, 11) is 1.20. The van der Waals surface area contributed by atoms with Crippen LogP contribution in [0.4, 0.5) is 0 Å². The summed E-state index contributed by atoms with van der Waals surface area (Å²) in [5.41, 5.74) is 0.851. The molecule has 52 valence electrons. The Morgan fingerprint density at radius 1 is 1.44 bits per heavy atom. The smallest absolute Gasteiger partial charge is 0.0116 e. The normalized spacial score (nSPS) is 37.0. The zero-order valence-electron chi connectivity index (χ0n) is 5.84. The monoisotopic (exact) mass is 160 g/mol. The fraction of sp³-hybridized carbons (Fsp3) is 1.00. The molecule has 1 aliphatic carbocycles. The summed E-state index contributed by atoms with van der Waals surface area (Å²) in [5.74, 6) is 0.944. The van der Waals surface area contributed by atoms with Gasteiger partial charge in [-0.2, -0.15) is 0 Å². The predicted octanol–water partition coefficient (Wildman–Crippen LogP) is 2.97. The lowest BCUT2D eigenvalue weighted by atomic mass is 9.91. The van der Waals surface area contributed by atoms with Crippen LogP contribution in [-0.4, -0.2) is 5.66 Å². The molecule has 0 radical (unpaired) electrons. The van der Waals surface area contributed by atoms with E-state index in [0.717, 1.165) is 11.6 Å². The average Bonchev–Trinajstić information content (AvgIpc) is 1.88. The molecule has 0 aromatic rings. The average molecular weight is 160 g/mol. The van der Waals surface area contributed by atoms with Crippen LogP contribution in [0.15, 0.2) is 0 Å². The molecule has 0 aromatic heterocycles. The summed E-state index contributed by atoms with van der Waals surface area (Å²) in [6.07, 6.45) is 5.61. The molecule has 2 heteroatoms. The van der Waals surface area contributed by atoms with Crippen LogP contribution in [0.3, 0.4) is 0 Å². The van der Waals surface area contributed by atoms with E-state index < -0.39 is 0 Å². The van der Waals surface area contributed by atoms with E-state index in [9.17, 15) is 0 Å². The van der Waals surface area contributed by atoms with Gasteiger partial charge in [-0.1, -0.05) is 31.6 Å². The lowest BCUT2D eigenvalue weighted by molar-refractivity contribution is 0.394. The molecule has 0 N–H and O–H groups in total. The number of rotatable bonds is 1. The van der Waals surface area contributed by atoms with Crippen molar-refractivity contribution in [3.63, 3.8) is 0 Å². The van der Waals surface area contributed by atoms with Gasteiger partial charge >= 0.3 is 0 Å². The van der Waals surface area contributed by atoms with Gasteiger partial charge in [0.05, 0.1) is 0 Å². The van der Waals surface area contributed by atoms with Crippen molar-refractivity contribution in [1.82, 2.24) is 0 Å². The molecule has 0 amide bonds. The van der Waals surface area contributed by atoms with Crippen LogP contribution in [0.2, 0.25) is 0 Å². The molecule has 0 aliphatic heterocycles. The summed E-state index contributed by atoms with van der Waals surface area (Å²) < 4.78 is 0. The second-order valence-corrected chi connectivity index (χ2v) is 4.60. The Bertz CT molecular complexity index is 103. The number of hydrogen-bond acceptors (Lipinski definition) is 1. The summed E-state index contributed by atoms with van der Waals surface area (Å²) in [6.45, 7) is 2.34. The first-order valence-electron chi connectivity index (χ1n) is 3.65. The summed E-state index contributed by atoms with van der Waals surface area (Å²) in [6, 6.07) is 0. The van der Waals surface area contributed by atoms with Crippen molar-refractivity contribution < 1.29 is 0 Å². The van der Waals surface area contributed by atoms with Gasteiger partial charge in [0.1, 0.15) is 0 Å². The second kappa shape index (κ2) is 3.63. The molecule has 1 saturated carbocycles. The third-order valence-corrected chi connectivity index (χ3v) is 3.72. The van der Waals surface area contributed by atoms with Crippen molar-refractivity contribution >= 4 is 19.2 Å².